The Labute approximate surface area is 127 Å². The minimum atomic E-state index is 0.508. The zero-order valence-electron chi connectivity index (χ0n) is 13.2. The van der Waals surface area contributed by atoms with E-state index in [1.54, 1.807) is 0 Å². The lowest BCUT2D eigenvalue weighted by atomic mass is 9.99. The molecule has 20 heavy (non-hydrogen) atoms. The molecular formula is C18H25NS. The lowest BCUT2D eigenvalue weighted by Gasteiger charge is -2.16. The van der Waals surface area contributed by atoms with Crippen LogP contribution < -0.4 is 5.32 Å². The Hall–Kier alpha value is -1.12. The first-order chi connectivity index (χ1) is 9.45. The van der Waals surface area contributed by atoms with E-state index < -0.39 is 0 Å². The van der Waals surface area contributed by atoms with Gasteiger partial charge in [0.1, 0.15) is 0 Å². The van der Waals surface area contributed by atoms with E-state index in [9.17, 15) is 0 Å². The van der Waals surface area contributed by atoms with Crippen molar-refractivity contribution < 1.29 is 0 Å². The number of thiophene rings is 1. The number of hydrogen-bond acceptors (Lipinski definition) is 2. The van der Waals surface area contributed by atoms with Crippen LogP contribution in [0.1, 0.15) is 38.9 Å². The highest BCUT2D eigenvalue weighted by atomic mass is 32.1. The molecular weight excluding hydrogens is 262 g/mol. The summed E-state index contributed by atoms with van der Waals surface area (Å²) in [5.74, 6) is 0. The van der Waals surface area contributed by atoms with E-state index in [0.29, 0.717) is 6.04 Å². The fourth-order valence-corrected chi connectivity index (χ4v) is 3.75. The lowest BCUT2D eigenvalue weighted by Crippen LogP contribution is -2.27. The molecule has 2 aromatic rings. The molecule has 0 spiro atoms. The van der Waals surface area contributed by atoms with Gasteiger partial charge in [-0.05, 0) is 69.9 Å². The fourth-order valence-electron chi connectivity index (χ4n) is 2.73. The van der Waals surface area contributed by atoms with Crippen molar-refractivity contribution in [2.75, 3.05) is 0 Å². The Balaban J connectivity index is 1.95. The zero-order chi connectivity index (χ0) is 14.7. The number of aryl methyl sites for hydroxylation is 4. The summed E-state index contributed by atoms with van der Waals surface area (Å²) in [5, 5.41) is 3.66. The molecule has 2 rings (SSSR count). The second kappa shape index (κ2) is 6.55. The standard InChI is InChI=1S/C18H25NS/c1-12-8-13(2)18(14(3)9-12)11-19-15(4)10-17-7-6-16(5)20-17/h6-9,15,19H,10-11H2,1-5H3. The van der Waals surface area contributed by atoms with Crippen LogP contribution in [0.2, 0.25) is 0 Å². The molecule has 0 aliphatic heterocycles. The Kier molecular flexibility index (Phi) is 5.00. The lowest BCUT2D eigenvalue weighted by molar-refractivity contribution is 0.546. The van der Waals surface area contributed by atoms with E-state index in [1.807, 2.05) is 11.3 Å². The van der Waals surface area contributed by atoms with Crippen LogP contribution in [0.4, 0.5) is 0 Å². The van der Waals surface area contributed by atoms with Gasteiger partial charge in [-0.25, -0.2) is 0 Å². The fraction of sp³-hybridized carbons (Fsp3) is 0.444. The van der Waals surface area contributed by atoms with Crippen molar-refractivity contribution >= 4 is 11.3 Å². The quantitative estimate of drug-likeness (QED) is 0.840. The van der Waals surface area contributed by atoms with Gasteiger partial charge in [-0.2, -0.15) is 0 Å². The summed E-state index contributed by atoms with van der Waals surface area (Å²) in [4.78, 5) is 2.87. The third kappa shape index (κ3) is 3.94. The van der Waals surface area contributed by atoms with Crippen molar-refractivity contribution in [1.29, 1.82) is 0 Å². The van der Waals surface area contributed by atoms with E-state index in [0.717, 1.165) is 13.0 Å². The van der Waals surface area contributed by atoms with Gasteiger partial charge in [-0.15, -0.1) is 11.3 Å². The van der Waals surface area contributed by atoms with Gasteiger partial charge >= 0.3 is 0 Å². The molecule has 0 aliphatic carbocycles. The highest BCUT2D eigenvalue weighted by Crippen LogP contribution is 2.18. The normalized spacial score (nSPS) is 12.7. The predicted octanol–water partition coefficient (Wildman–Crippen LogP) is 4.70. The Bertz CT molecular complexity index is 560. The number of nitrogens with one attached hydrogen (secondary N) is 1. The maximum absolute atomic E-state index is 3.66. The summed E-state index contributed by atoms with van der Waals surface area (Å²) in [6.45, 7) is 12.0. The monoisotopic (exact) mass is 287 g/mol. The summed E-state index contributed by atoms with van der Waals surface area (Å²) in [6, 6.07) is 9.52. The van der Waals surface area contributed by atoms with Gasteiger partial charge in [0.05, 0.1) is 0 Å². The molecule has 1 heterocycles. The van der Waals surface area contributed by atoms with Gasteiger partial charge in [-0.3, -0.25) is 0 Å². The van der Waals surface area contributed by atoms with Gasteiger partial charge in [0, 0.05) is 22.3 Å². The van der Waals surface area contributed by atoms with Crippen molar-refractivity contribution in [3.8, 4) is 0 Å². The predicted molar refractivity (Wildman–Crippen MR) is 89.7 cm³/mol. The summed E-state index contributed by atoms with van der Waals surface area (Å²) in [5.41, 5.74) is 5.60. The molecule has 2 heteroatoms. The average molecular weight is 287 g/mol. The molecule has 1 N–H and O–H groups in total. The van der Waals surface area contributed by atoms with Gasteiger partial charge in [0.2, 0.25) is 0 Å². The zero-order valence-corrected chi connectivity index (χ0v) is 14.0. The second-order valence-electron chi connectivity index (χ2n) is 5.88. The summed E-state index contributed by atoms with van der Waals surface area (Å²) in [7, 11) is 0. The summed E-state index contributed by atoms with van der Waals surface area (Å²) >= 11 is 1.91. The molecule has 0 aliphatic rings. The molecule has 0 radical (unpaired) electrons. The van der Waals surface area contributed by atoms with Crippen molar-refractivity contribution in [3.63, 3.8) is 0 Å². The minimum Gasteiger partial charge on any atom is -0.310 e. The minimum absolute atomic E-state index is 0.508. The van der Waals surface area contributed by atoms with Gasteiger partial charge in [0.25, 0.3) is 0 Å². The Morgan fingerprint density at radius 3 is 2.25 bits per heavy atom. The van der Waals surface area contributed by atoms with Crippen LogP contribution in [-0.4, -0.2) is 6.04 Å². The smallest absolute Gasteiger partial charge is 0.0213 e. The molecule has 1 aromatic carbocycles. The molecule has 1 atom stereocenters. The molecule has 1 unspecified atom stereocenters. The molecule has 108 valence electrons. The van der Waals surface area contributed by atoms with Crippen LogP contribution in [0.15, 0.2) is 24.3 Å². The molecule has 1 nitrogen and oxygen atoms in total. The van der Waals surface area contributed by atoms with Crippen LogP contribution in [0, 0.1) is 27.7 Å². The van der Waals surface area contributed by atoms with E-state index in [-0.39, 0.29) is 0 Å². The average Bonchev–Trinajstić information content (AvgIpc) is 2.73. The van der Waals surface area contributed by atoms with Gasteiger partial charge in [0.15, 0.2) is 0 Å². The molecule has 0 amide bonds. The number of benzene rings is 1. The highest BCUT2D eigenvalue weighted by molar-refractivity contribution is 7.11. The van der Waals surface area contributed by atoms with Gasteiger partial charge < -0.3 is 5.32 Å². The van der Waals surface area contributed by atoms with Crippen LogP contribution in [0.3, 0.4) is 0 Å². The van der Waals surface area contributed by atoms with Crippen molar-refractivity contribution in [1.82, 2.24) is 5.32 Å². The molecule has 1 aromatic heterocycles. The van der Waals surface area contributed by atoms with E-state index >= 15 is 0 Å². The largest absolute Gasteiger partial charge is 0.310 e. The molecule has 0 saturated heterocycles. The highest BCUT2D eigenvalue weighted by Gasteiger charge is 2.08. The van der Waals surface area contributed by atoms with Crippen LogP contribution >= 0.6 is 11.3 Å². The SMILES string of the molecule is Cc1cc(C)c(CNC(C)Cc2ccc(C)s2)c(C)c1. The number of hydrogen-bond donors (Lipinski definition) is 1. The first-order valence-corrected chi connectivity index (χ1v) is 8.13. The third-order valence-electron chi connectivity index (χ3n) is 3.77. The third-order valence-corrected chi connectivity index (χ3v) is 4.79. The maximum atomic E-state index is 3.66. The first-order valence-electron chi connectivity index (χ1n) is 7.31. The Morgan fingerprint density at radius 2 is 1.70 bits per heavy atom. The van der Waals surface area contributed by atoms with E-state index in [2.05, 4.69) is 64.2 Å². The summed E-state index contributed by atoms with van der Waals surface area (Å²) in [6.07, 6.45) is 1.11. The van der Waals surface area contributed by atoms with Crippen LogP contribution in [0.5, 0.6) is 0 Å². The van der Waals surface area contributed by atoms with Crippen molar-refractivity contribution in [3.05, 3.63) is 56.3 Å². The molecule has 0 bridgehead atoms. The van der Waals surface area contributed by atoms with E-state index in [1.165, 1.54) is 32.0 Å². The Morgan fingerprint density at radius 1 is 1.05 bits per heavy atom. The van der Waals surface area contributed by atoms with Gasteiger partial charge in [-0.1, -0.05) is 17.7 Å². The maximum Gasteiger partial charge on any atom is 0.0213 e. The van der Waals surface area contributed by atoms with E-state index in [4.69, 9.17) is 0 Å². The molecule has 0 fully saturated rings. The summed E-state index contributed by atoms with van der Waals surface area (Å²) < 4.78 is 0. The topological polar surface area (TPSA) is 12.0 Å². The number of rotatable bonds is 5. The van der Waals surface area contributed by atoms with Crippen molar-refractivity contribution in [2.24, 2.45) is 0 Å². The van der Waals surface area contributed by atoms with Crippen LogP contribution in [-0.2, 0) is 13.0 Å². The van der Waals surface area contributed by atoms with Crippen molar-refractivity contribution in [2.45, 2.75) is 53.6 Å². The first kappa shape index (κ1) is 15.3. The molecule has 0 saturated carbocycles. The van der Waals surface area contributed by atoms with Crippen LogP contribution in [0.25, 0.3) is 0 Å². The second-order valence-corrected chi connectivity index (χ2v) is 7.25.